The molecular weight excluding hydrogens is 446 g/mol. The number of nitrogens with zero attached hydrogens (tertiary/aromatic N) is 2. The van der Waals surface area contributed by atoms with Crippen molar-refractivity contribution in [2.45, 2.75) is 70.9 Å². The molecule has 36 heavy (non-hydrogen) atoms. The third kappa shape index (κ3) is 5.45. The highest BCUT2D eigenvalue weighted by Gasteiger charge is 2.33. The van der Waals surface area contributed by atoms with Gasteiger partial charge in [-0.15, -0.1) is 0 Å². The van der Waals surface area contributed by atoms with Crippen molar-refractivity contribution in [3.8, 4) is 11.3 Å². The monoisotopic (exact) mass is 483 g/mol. The molecule has 5 heteroatoms. The Labute approximate surface area is 214 Å². The van der Waals surface area contributed by atoms with E-state index in [0.717, 1.165) is 46.1 Å². The van der Waals surface area contributed by atoms with Crippen molar-refractivity contribution in [2.24, 2.45) is 11.8 Å². The van der Waals surface area contributed by atoms with Gasteiger partial charge in [-0.1, -0.05) is 67.8 Å². The van der Waals surface area contributed by atoms with E-state index in [0.29, 0.717) is 12.5 Å². The van der Waals surface area contributed by atoms with E-state index in [2.05, 4.69) is 30.4 Å². The Kier molecular flexibility index (Phi) is 7.35. The molecule has 2 saturated carbocycles. The third-order valence-corrected chi connectivity index (χ3v) is 7.94. The molecule has 3 aromatic rings. The fourth-order valence-electron chi connectivity index (χ4n) is 5.70. The summed E-state index contributed by atoms with van der Waals surface area (Å²) in [5.74, 6) is 0.926. The summed E-state index contributed by atoms with van der Waals surface area (Å²) in [6.45, 7) is 2.59. The normalized spacial score (nSPS) is 17.1. The lowest BCUT2D eigenvalue weighted by Gasteiger charge is -2.28. The van der Waals surface area contributed by atoms with Gasteiger partial charge in [0.15, 0.2) is 0 Å². The molecule has 2 amide bonds. The van der Waals surface area contributed by atoms with Crippen LogP contribution in [0.5, 0.6) is 0 Å². The van der Waals surface area contributed by atoms with Gasteiger partial charge >= 0.3 is 0 Å². The highest BCUT2D eigenvalue weighted by molar-refractivity contribution is 5.92. The van der Waals surface area contributed by atoms with Crippen molar-refractivity contribution in [1.82, 2.24) is 15.2 Å². The van der Waals surface area contributed by atoms with Crippen molar-refractivity contribution in [2.75, 3.05) is 7.05 Å². The lowest BCUT2D eigenvalue weighted by atomic mass is 9.84. The van der Waals surface area contributed by atoms with E-state index in [1.807, 2.05) is 48.3 Å². The molecule has 1 atom stereocenters. The minimum atomic E-state index is 0.0425. The van der Waals surface area contributed by atoms with E-state index in [1.165, 1.54) is 32.1 Å². The number of nitrogens with one attached hydrogen (secondary N) is 1. The fraction of sp³-hybridized carbons (Fsp3) is 0.452. The highest BCUT2D eigenvalue weighted by atomic mass is 16.2. The van der Waals surface area contributed by atoms with Crippen LogP contribution >= 0.6 is 0 Å². The van der Waals surface area contributed by atoms with E-state index in [9.17, 15) is 9.59 Å². The quantitative estimate of drug-likeness (QED) is 0.434. The van der Waals surface area contributed by atoms with Gasteiger partial charge in [-0.3, -0.25) is 9.59 Å². The maximum atomic E-state index is 13.4. The molecule has 0 spiro atoms. The van der Waals surface area contributed by atoms with E-state index in [-0.39, 0.29) is 30.2 Å². The summed E-state index contributed by atoms with van der Waals surface area (Å²) in [4.78, 5) is 33.2. The molecule has 2 aliphatic rings. The summed E-state index contributed by atoms with van der Waals surface area (Å²) in [6, 6.07) is 18.3. The fourth-order valence-corrected chi connectivity index (χ4v) is 5.70. The van der Waals surface area contributed by atoms with Crippen LogP contribution < -0.4 is 5.32 Å². The number of carbonyl (C=O) groups is 2. The summed E-state index contributed by atoms with van der Waals surface area (Å²) in [5.41, 5.74) is 4.68. The summed E-state index contributed by atoms with van der Waals surface area (Å²) in [5, 5.41) is 4.30. The van der Waals surface area contributed by atoms with Gasteiger partial charge in [0.05, 0.1) is 17.6 Å². The van der Waals surface area contributed by atoms with Crippen LogP contribution in [0.25, 0.3) is 22.2 Å². The van der Waals surface area contributed by atoms with E-state index < -0.39 is 0 Å². The molecule has 188 valence electrons. The van der Waals surface area contributed by atoms with Crippen LogP contribution in [0, 0.1) is 11.8 Å². The second-order valence-electron chi connectivity index (χ2n) is 10.7. The number of rotatable bonds is 8. The lowest BCUT2D eigenvalue weighted by Crippen LogP contribution is -2.40. The van der Waals surface area contributed by atoms with Gasteiger partial charge in [0.2, 0.25) is 11.8 Å². The topological polar surface area (TPSA) is 62.3 Å². The maximum Gasteiger partial charge on any atom is 0.225 e. The molecule has 2 fully saturated rings. The Balaban J connectivity index is 1.52. The van der Waals surface area contributed by atoms with Gasteiger partial charge < -0.3 is 10.2 Å². The largest absolute Gasteiger partial charge is 0.353 e. The standard InChI is InChI=1S/C31H37N3O2/c1-21(22-11-5-3-6-12-22)32-29(35)19-26-25-15-9-10-16-28(25)33-30(23-13-7-4-8-14-23)27(26)20-34(2)31(36)24-17-18-24/h4,7-10,13-16,21-22,24H,3,5-6,11-12,17-20H2,1-2H3,(H,32,35)/t21-/m0/s1. The van der Waals surface area contributed by atoms with Crippen LogP contribution in [0.4, 0.5) is 0 Å². The summed E-state index contributed by atoms with van der Waals surface area (Å²) >= 11 is 0. The lowest BCUT2D eigenvalue weighted by molar-refractivity contribution is -0.131. The number of amides is 2. The minimum absolute atomic E-state index is 0.0425. The van der Waals surface area contributed by atoms with Crippen LogP contribution in [-0.2, 0) is 22.6 Å². The highest BCUT2D eigenvalue weighted by Crippen LogP contribution is 2.34. The number of fused-ring (bicyclic) bond motifs is 1. The molecule has 0 unspecified atom stereocenters. The van der Waals surface area contributed by atoms with Crippen LogP contribution in [0.1, 0.15) is 63.0 Å². The predicted molar refractivity (Wildman–Crippen MR) is 144 cm³/mol. The number of aromatic nitrogens is 1. The Hall–Kier alpha value is -3.21. The average Bonchev–Trinajstić information content (AvgIpc) is 3.76. The molecule has 0 bridgehead atoms. The minimum Gasteiger partial charge on any atom is -0.353 e. The molecule has 1 N–H and O–H groups in total. The molecule has 0 saturated heterocycles. The molecule has 0 aliphatic heterocycles. The molecule has 5 nitrogen and oxygen atoms in total. The first-order valence-corrected chi connectivity index (χ1v) is 13.5. The molecule has 1 heterocycles. The number of benzene rings is 2. The molecule has 1 aromatic heterocycles. The second-order valence-corrected chi connectivity index (χ2v) is 10.7. The van der Waals surface area contributed by atoms with E-state index in [4.69, 9.17) is 4.98 Å². The van der Waals surface area contributed by atoms with Gasteiger partial charge in [0, 0.05) is 42.1 Å². The molecule has 0 radical (unpaired) electrons. The van der Waals surface area contributed by atoms with Gasteiger partial charge in [-0.2, -0.15) is 0 Å². The molecular formula is C31H37N3O2. The zero-order chi connectivity index (χ0) is 25.1. The van der Waals surface area contributed by atoms with Crippen molar-refractivity contribution in [3.63, 3.8) is 0 Å². The Morgan fingerprint density at radius 3 is 2.36 bits per heavy atom. The summed E-state index contributed by atoms with van der Waals surface area (Å²) in [6.07, 6.45) is 8.42. The predicted octanol–water partition coefficient (Wildman–Crippen LogP) is 5.90. The molecule has 2 aliphatic carbocycles. The zero-order valence-electron chi connectivity index (χ0n) is 21.5. The number of hydrogen-bond donors (Lipinski definition) is 1. The maximum absolute atomic E-state index is 13.4. The summed E-state index contributed by atoms with van der Waals surface area (Å²) < 4.78 is 0. The number of hydrogen-bond acceptors (Lipinski definition) is 3. The third-order valence-electron chi connectivity index (χ3n) is 7.94. The van der Waals surface area contributed by atoms with Crippen LogP contribution in [0.3, 0.4) is 0 Å². The molecule has 2 aromatic carbocycles. The van der Waals surface area contributed by atoms with Crippen molar-refractivity contribution < 1.29 is 9.59 Å². The first kappa shape index (κ1) is 24.5. The van der Waals surface area contributed by atoms with E-state index >= 15 is 0 Å². The number of pyridine rings is 1. The van der Waals surface area contributed by atoms with Crippen LogP contribution in [0.15, 0.2) is 54.6 Å². The van der Waals surface area contributed by atoms with Crippen LogP contribution in [-0.4, -0.2) is 34.8 Å². The zero-order valence-corrected chi connectivity index (χ0v) is 21.5. The first-order valence-electron chi connectivity index (χ1n) is 13.5. The SMILES string of the molecule is C[C@H](NC(=O)Cc1c(CN(C)C(=O)C2CC2)c(-c2ccccc2)nc2ccccc12)C1CCCCC1. The Morgan fingerprint density at radius 2 is 1.64 bits per heavy atom. The van der Waals surface area contributed by atoms with Crippen molar-refractivity contribution >= 4 is 22.7 Å². The van der Waals surface area contributed by atoms with Crippen molar-refractivity contribution in [1.29, 1.82) is 0 Å². The first-order chi connectivity index (χ1) is 17.5. The summed E-state index contributed by atoms with van der Waals surface area (Å²) in [7, 11) is 1.87. The second kappa shape index (κ2) is 10.8. The Morgan fingerprint density at radius 1 is 0.944 bits per heavy atom. The van der Waals surface area contributed by atoms with Gasteiger partial charge in [-0.25, -0.2) is 4.98 Å². The van der Waals surface area contributed by atoms with E-state index in [1.54, 1.807) is 0 Å². The van der Waals surface area contributed by atoms with Crippen molar-refractivity contribution in [3.05, 3.63) is 65.7 Å². The average molecular weight is 484 g/mol. The smallest absolute Gasteiger partial charge is 0.225 e. The van der Waals surface area contributed by atoms with Gasteiger partial charge in [0.25, 0.3) is 0 Å². The Bertz CT molecular complexity index is 1230. The molecule has 5 rings (SSSR count). The number of para-hydroxylation sites is 1. The van der Waals surface area contributed by atoms with Gasteiger partial charge in [-0.05, 0) is 50.2 Å². The number of carbonyl (C=O) groups excluding carboxylic acids is 2. The van der Waals surface area contributed by atoms with Gasteiger partial charge in [0.1, 0.15) is 0 Å². The van der Waals surface area contributed by atoms with Crippen LogP contribution in [0.2, 0.25) is 0 Å².